The summed E-state index contributed by atoms with van der Waals surface area (Å²) in [6.45, 7) is 10.5. The monoisotopic (exact) mass is 450 g/mol. The largest absolute Gasteiger partial charge is 0.466 e. The fourth-order valence-corrected chi connectivity index (χ4v) is 4.29. The molecule has 9 nitrogen and oxygen atoms in total. The molecule has 7 atom stereocenters. The van der Waals surface area contributed by atoms with E-state index in [0.29, 0.717) is 19.3 Å². The Kier molecular flexibility index (Phi) is 6.78. The minimum atomic E-state index is -1.31. The van der Waals surface area contributed by atoms with Crippen molar-refractivity contribution in [3.8, 4) is 0 Å². The van der Waals surface area contributed by atoms with Gasteiger partial charge in [-0.3, -0.25) is 9.59 Å². The highest BCUT2D eigenvalue weighted by Crippen LogP contribution is 2.50. The molecule has 0 spiro atoms. The number of hydrogen-bond donors (Lipinski definition) is 0. The van der Waals surface area contributed by atoms with Crippen LogP contribution in [0.15, 0.2) is 23.8 Å². The lowest BCUT2D eigenvalue weighted by Gasteiger charge is -2.34. The second-order valence-corrected chi connectivity index (χ2v) is 8.70. The quantitative estimate of drug-likeness (QED) is 0.268. The van der Waals surface area contributed by atoms with Gasteiger partial charge in [-0.05, 0) is 26.2 Å². The van der Waals surface area contributed by atoms with E-state index >= 15 is 0 Å². The van der Waals surface area contributed by atoms with Crippen molar-refractivity contribution in [1.82, 2.24) is 0 Å². The summed E-state index contributed by atoms with van der Waals surface area (Å²) in [5.41, 5.74) is -0.486. The summed E-state index contributed by atoms with van der Waals surface area (Å²) in [4.78, 5) is 50.0. The third-order valence-electron chi connectivity index (χ3n) is 6.45. The Hall–Kier alpha value is -2.68. The third-order valence-corrected chi connectivity index (χ3v) is 6.45. The Labute approximate surface area is 187 Å². The first-order valence-corrected chi connectivity index (χ1v) is 10.8. The van der Waals surface area contributed by atoms with E-state index in [-0.39, 0.29) is 11.1 Å². The lowest BCUT2D eigenvalue weighted by molar-refractivity contribution is -0.174. The number of allylic oxidation sites excluding steroid dienone is 1. The van der Waals surface area contributed by atoms with Crippen LogP contribution in [0.3, 0.4) is 0 Å². The van der Waals surface area contributed by atoms with E-state index in [0.717, 1.165) is 0 Å². The van der Waals surface area contributed by atoms with Gasteiger partial charge in [0.05, 0.1) is 30.1 Å². The molecule has 0 amide bonds. The number of carbonyl (C=O) groups is 4. The third kappa shape index (κ3) is 4.44. The zero-order valence-electron chi connectivity index (χ0n) is 19.0. The molecular weight excluding hydrogens is 420 g/mol. The first-order chi connectivity index (χ1) is 15.0. The van der Waals surface area contributed by atoms with Gasteiger partial charge < -0.3 is 23.7 Å². The van der Waals surface area contributed by atoms with Crippen molar-refractivity contribution in [2.45, 2.75) is 77.0 Å². The fraction of sp³-hybridized carbons (Fsp3) is 0.652. The van der Waals surface area contributed by atoms with E-state index in [1.165, 1.54) is 14.0 Å². The smallest absolute Gasteiger partial charge is 0.337 e. The SMILES string of the molecule is C=C1C(=O)OC2C1C(OC(=O)C(C)CC)C(OC(C)=O)C(C(=O)OC)=CCCC1(C)OC21. The molecule has 3 aliphatic rings. The molecule has 3 rings (SSSR count). The van der Waals surface area contributed by atoms with E-state index < -0.39 is 65.7 Å². The lowest BCUT2D eigenvalue weighted by Crippen LogP contribution is -2.48. The maximum absolute atomic E-state index is 12.8. The van der Waals surface area contributed by atoms with Gasteiger partial charge in [-0.15, -0.1) is 0 Å². The molecule has 0 aromatic rings. The summed E-state index contributed by atoms with van der Waals surface area (Å²) in [5.74, 6) is -3.95. The molecule has 176 valence electrons. The average molecular weight is 450 g/mol. The topological polar surface area (TPSA) is 118 Å². The second-order valence-electron chi connectivity index (χ2n) is 8.70. The number of methoxy groups -OCH3 is 1. The van der Waals surface area contributed by atoms with Crippen LogP contribution >= 0.6 is 0 Å². The minimum Gasteiger partial charge on any atom is -0.466 e. The Morgan fingerprint density at radius 3 is 2.59 bits per heavy atom. The van der Waals surface area contributed by atoms with E-state index in [1.54, 1.807) is 13.0 Å². The Bertz CT molecular complexity index is 860. The summed E-state index contributed by atoms with van der Waals surface area (Å²) < 4.78 is 27.7. The van der Waals surface area contributed by atoms with Crippen LogP contribution in [0.1, 0.15) is 47.0 Å². The normalized spacial score (nSPS) is 34.8. The highest BCUT2D eigenvalue weighted by molar-refractivity contribution is 5.92. The molecule has 0 N–H and O–H groups in total. The van der Waals surface area contributed by atoms with Crippen LogP contribution < -0.4 is 0 Å². The van der Waals surface area contributed by atoms with Gasteiger partial charge in [0.1, 0.15) is 12.2 Å². The molecule has 32 heavy (non-hydrogen) atoms. The van der Waals surface area contributed by atoms with Crippen molar-refractivity contribution in [2.75, 3.05) is 7.11 Å². The summed E-state index contributed by atoms with van der Waals surface area (Å²) in [6.07, 6.45) is -0.720. The molecule has 2 aliphatic heterocycles. The van der Waals surface area contributed by atoms with Crippen LogP contribution in [0.5, 0.6) is 0 Å². The van der Waals surface area contributed by atoms with Gasteiger partial charge in [-0.2, -0.15) is 0 Å². The number of fused-ring (bicyclic) bond motifs is 3. The predicted molar refractivity (Wildman–Crippen MR) is 110 cm³/mol. The number of carbonyl (C=O) groups excluding carboxylic acids is 4. The Morgan fingerprint density at radius 2 is 2.00 bits per heavy atom. The Balaban J connectivity index is 2.15. The van der Waals surface area contributed by atoms with Crippen molar-refractivity contribution >= 4 is 23.9 Å². The van der Waals surface area contributed by atoms with Crippen LogP contribution in [-0.4, -0.2) is 61.0 Å². The number of hydrogen-bond acceptors (Lipinski definition) is 9. The van der Waals surface area contributed by atoms with Gasteiger partial charge in [-0.1, -0.05) is 26.5 Å². The van der Waals surface area contributed by atoms with Crippen molar-refractivity contribution in [2.24, 2.45) is 11.8 Å². The van der Waals surface area contributed by atoms with Crippen LogP contribution in [0, 0.1) is 11.8 Å². The molecule has 2 fully saturated rings. The van der Waals surface area contributed by atoms with E-state index in [9.17, 15) is 19.2 Å². The molecule has 0 radical (unpaired) electrons. The fourth-order valence-electron chi connectivity index (χ4n) is 4.29. The summed E-state index contributed by atoms with van der Waals surface area (Å²) in [5, 5.41) is 0. The molecule has 0 aromatic carbocycles. The van der Waals surface area contributed by atoms with Gasteiger partial charge in [0.2, 0.25) is 0 Å². The molecule has 0 saturated carbocycles. The predicted octanol–water partition coefficient (Wildman–Crippen LogP) is 2.02. The van der Waals surface area contributed by atoms with Crippen LogP contribution in [-0.2, 0) is 42.9 Å². The van der Waals surface area contributed by atoms with Crippen molar-refractivity contribution in [1.29, 1.82) is 0 Å². The maximum atomic E-state index is 12.8. The molecule has 7 unspecified atom stereocenters. The zero-order chi connectivity index (χ0) is 23.8. The minimum absolute atomic E-state index is 0.0262. The molecular formula is C23H30O9. The van der Waals surface area contributed by atoms with Gasteiger partial charge in [-0.25, -0.2) is 9.59 Å². The van der Waals surface area contributed by atoms with Crippen molar-refractivity contribution in [3.05, 3.63) is 23.8 Å². The summed E-state index contributed by atoms with van der Waals surface area (Å²) in [7, 11) is 1.21. The molecule has 1 aliphatic carbocycles. The van der Waals surface area contributed by atoms with Gasteiger partial charge in [0, 0.05) is 12.5 Å². The second kappa shape index (κ2) is 9.05. The molecule has 0 bridgehead atoms. The van der Waals surface area contributed by atoms with E-state index in [4.69, 9.17) is 23.7 Å². The van der Waals surface area contributed by atoms with Crippen LogP contribution in [0.4, 0.5) is 0 Å². The van der Waals surface area contributed by atoms with Crippen LogP contribution in [0.25, 0.3) is 0 Å². The number of rotatable bonds is 5. The lowest BCUT2D eigenvalue weighted by atomic mass is 9.80. The summed E-state index contributed by atoms with van der Waals surface area (Å²) >= 11 is 0. The first kappa shape index (κ1) is 24.0. The van der Waals surface area contributed by atoms with Crippen molar-refractivity contribution in [3.63, 3.8) is 0 Å². The maximum Gasteiger partial charge on any atom is 0.337 e. The molecule has 9 heteroatoms. The highest BCUT2D eigenvalue weighted by atomic mass is 16.7. The van der Waals surface area contributed by atoms with E-state index in [1.807, 2.05) is 13.8 Å². The molecule has 2 saturated heterocycles. The standard InChI is InChI=1S/C23H30O9/c1-7-11(2)20(25)30-17-15-12(3)21(26)31-18(15)19-23(5,32-19)10-8-9-14(22(27)28-6)16(17)29-13(4)24/h9,11,15-19H,3,7-8,10H2,1-2,4-6H3. The zero-order valence-corrected chi connectivity index (χ0v) is 19.0. The summed E-state index contributed by atoms with van der Waals surface area (Å²) in [6, 6.07) is 0. The molecule has 2 heterocycles. The number of ether oxygens (including phenoxy) is 5. The number of esters is 4. The van der Waals surface area contributed by atoms with Gasteiger partial charge in [0.15, 0.2) is 12.2 Å². The molecule has 0 aromatic heterocycles. The first-order valence-electron chi connectivity index (χ1n) is 10.8. The average Bonchev–Trinajstić information content (AvgIpc) is 3.33. The van der Waals surface area contributed by atoms with Crippen LogP contribution in [0.2, 0.25) is 0 Å². The Morgan fingerprint density at radius 1 is 1.31 bits per heavy atom. The van der Waals surface area contributed by atoms with Crippen molar-refractivity contribution < 1.29 is 42.9 Å². The van der Waals surface area contributed by atoms with Gasteiger partial charge >= 0.3 is 23.9 Å². The van der Waals surface area contributed by atoms with Gasteiger partial charge in [0.25, 0.3) is 0 Å². The van der Waals surface area contributed by atoms with E-state index in [2.05, 4.69) is 6.58 Å². The highest BCUT2D eigenvalue weighted by Gasteiger charge is 2.64. The number of epoxide rings is 1.